The van der Waals surface area contributed by atoms with E-state index in [9.17, 15) is 4.39 Å². The van der Waals surface area contributed by atoms with Gasteiger partial charge in [0.05, 0.1) is 0 Å². The van der Waals surface area contributed by atoms with Gasteiger partial charge in [0.1, 0.15) is 5.82 Å². The maximum absolute atomic E-state index is 13.0. The third-order valence-electron chi connectivity index (χ3n) is 3.24. The predicted molar refractivity (Wildman–Crippen MR) is 72.9 cm³/mol. The molecule has 0 aliphatic rings. The third kappa shape index (κ3) is 5.15. The van der Waals surface area contributed by atoms with E-state index in [-0.39, 0.29) is 17.8 Å². The van der Waals surface area contributed by atoms with Gasteiger partial charge in [-0.25, -0.2) is 4.39 Å². The number of aliphatic hydroxyl groups excluding tert-OH is 1. The van der Waals surface area contributed by atoms with Crippen molar-refractivity contribution in [1.29, 1.82) is 0 Å². The van der Waals surface area contributed by atoms with Gasteiger partial charge < -0.3 is 10.4 Å². The zero-order chi connectivity index (χ0) is 13.6. The van der Waals surface area contributed by atoms with Crippen molar-refractivity contribution in [3.8, 4) is 0 Å². The van der Waals surface area contributed by atoms with Crippen LogP contribution in [0, 0.1) is 18.2 Å². The highest BCUT2D eigenvalue weighted by atomic mass is 19.1. The van der Waals surface area contributed by atoms with Gasteiger partial charge in [-0.3, -0.25) is 0 Å². The number of halogens is 1. The Morgan fingerprint density at radius 3 is 2.67 bits per heavy atom. The molecule has 0 fully saturated rings. The zero-order valence-corrected chi connectivity index (χ0v) is 11.6. The second-order valence-electron chi connectivity index (χ2n) is 5.67. The number of aliphatic hydroxyl groups is 1. The molecule has 1 aromatic carbocycles. The lowest BCUT2D eigenvalue weighted by Crippen LogP contribution is -2.29. The molecule has 0 saturated carbocycles. The summed E-state index contributed by atoms with van der Waals surface area (Å²) in [6.07, 6.45) is 1.84. The Balaban J connectivity index is 2.41. The van der Waals surface area contributed by atoms with Crippen molar-refractivity contribution in [2.45, 2.75) is 40.2 Å². The van der Waals surface area contributed by atoms with Crippen LogP contribution in [0.25, 0.3) is 0 Å². The van der Waals surface area contributed by atoms with E-state index < -0.39 is 0 Å². The van der Waals surface area contributed by atoms with E-state index in [4.69, 9.17) is 5.11 Å². The number of rotatable bonds is 7. The standard InChI is InChI=1S/C15H24FNO/c1-12-9-14(16)6-5-13(12)10-17-11-15(2,3)7-4-8-18/h5-6,9,17-18H,4,7-8,10-11H2,1-3H3. The molecule has 18 heavy (non-hydrogen) atoms. The monoisotopic (exact) mass is 253 g/mol. The predicted octanol–water partition coefficient (Wildman–Crippen LogP) is 3.02. The van der Waals surface area contributed by atoms with E-state index >= 15 is 0 Å². The van der Waals surface area contributed by atoms with E-state index in [0.29, 0.717) is 0 Å². The van der Waals surface area contributed by atoms with Crippen molar-refractivity contribution in [3.63, 3.8) is 0 Å². The van der Waals surface area contributed by atoms with Crippen LogP contribution in [0.15, 0.2) is 18.2 Å². The fourth-order valence-corrected chi connectivity index (χ4v) is 2.04. The summed E-state index contributed by atoms with van der Waals surface area (Å²) in [5.74, 6) is -0.181. The van der Waals surface area contributed by atoms with E-state index in [0.717, 1.165) is 37.1 Å². The molecule has 1 aromatic rings. The molecule has 2 N–H and O–H groups in total. The topological polar surface area (TPSA) is 32.3 Å². The maximum Gasteiger partial charge on any atom is 0.123 e. The fraction of sp³-hybridized carbons (Fsp3) is 0.600. The Hall–Kier alpha value is -0.930. The molecule has 0 saturated heterocycles. The number of benzene rings is 1. The van der Waals surface area contributed by atoms with Crippen molar-refractivity contribution < 1.29 is 9.50 Å². The van der Waals surface area contributed by atoms with Crippen molar-refractivity contribution >= 4 is 0 Å². The van der Waals surface area contributed by atoms with Crippen LogP contribution >= 0.6 is 0 Å². The van der Waals surface area contributed by atoms with Gasteiger partial charge in [0, 0.05) is 19.7 Å². The van der Waals surface area contributed by atoms with Crippen LogP contribution in [0.2, 0.25) is 0 Å². The quantitative estimate of drug-likeness (QED) is 0.783. The van der Waals surface area contributed by atoms with E-state index in [1.807, 2.05) is 13.0 Å². The molecule has 1 rings (SSSR count). The summed E-state index contributed by atoms with van der Waals surface area (Å²) in [5.41, 5.74) is 2.29. The second kappa shape index (κ2) is 6.86. The SMILES string of the molecule is Cc1cc(F)ccc1CNCC(C)(C)CCCO. The maximum atomic E-state index is 13.0. The molecular formula is C15H24FNO. The summed E-state index contributed by atoms with van der Waals surface area (Å²) in [6, 6.07) is 4.90. The highest BCUT2D eigenvalue weighted by molar-refractivity contribution is 5.26. The molecule has 0 aliphatic heterocycles. The molecule has 0 radical (unpaired) electrons. The largest absolute Gasteiger partial charge is 0.396 e. The normalized spacial score (nSPS) is 11.8. The van der Waals surface area contributed by atoms with Gasteiger partial charge in [-0.15, -0.1) is 0 Å². The average Bonchev–Trinajstić information content (AvgIpc) is 2.29. The molecule has 0 heterocycles. The first-order valence-corrected chi connectivity index (χ1v) is 6.51. The summed E-state index contributed by atoms with van der Waals surface area (Å²) in [5, 5.41) is 12.2. The molecule has 0 spiro atoms. The van der Waals surface area contributed by atoms with Crippen molar-refractivity contribution in [2.24, 2.45) is 5.41 Å². The highest BCUT2D eigenvalue weighted by Gasteiger charge is 2.16. The van der Waals surface area contributed by atoms with Crippen LogP contribution in [-0.2, 0) is 6.54 Å². The molecule has 0 bridgehead atoms. The Morgan fingerprint density at radius 2 is 2.06 bits per heavy atom. The number of aryl methyl sites for hydroxylation is 1. The molecule has 2 nitrogen and oxygen atoms in total. The highest BCUT2D eigenvalue weighted by Crippen LogP contribution is 2.21. The number of hydrogen-bond acceptors (Lipinski definition) is 2. The molecule has 102 valence electrons. The van der Waals surface area contributed by atoms with Crippen LogP contribution in [0.3, 0.4) is 0 Å². The Bertz CT molecular complexity index is 377. The van der Waals surface area contributed by atoms with Crippen LogP contribution in [-0.4, -0.2) is 18.3 Å². The Labute approximate surface area is 109 Å². The average molecular weight is 253 g/mol. The van der Waals surface area contributed by atoms with Crippen molar-refractivity contribution in [3.05, 3.63) is 35.1 Å². The lowest BCUT2D eigenvalue weighted by atomic mass is 9.88. The number of hydrogen-bond donors (Lipinski definition) is 2. The zero-order valence-electron chi connectivity index (χ0n) is 11.6. The lowest BCUT2D eigenvalue weighted by Gasteiger charge is -2.25. The summed E-state index contributed by atoms with van der Waals surface area (Å²) in [6.45, 7) is 8.20. The van der Waals surface area contributed by atoms with E-state index in [1.165, 1.54) is 6.07 Å². The smallest absolute Gasteiger partial charge is 0.123 e. The number of nitrogens with one attached hydrogen (secondary N) is 1. The molecule has 0 aliphatic carbocycles. The molecule has 0 atom stereocenters. The minimum Gasteiger partial charge on any atom is -0.396 e. The van der Waals surface area contributed by atoms with Gasteiger partial charge in [-0.2, -0.15) is 0 Å². The minimum absolute atomic E-state index is 0.177. The first-order chi connectivity index (χ1) is 8.44. The summed E-state index contributed by atoms with van der Waals surface area (Å²) >= 11 is 0. The van der Waals surface area contributed by atoms with Crippen LogP contribution in [0.1, 0.15) is 37.8 Å². The van der Waals surface area contributed by atoms with Gasteiger partial charge >= 0.3 is 0 Å². The fourth-order valence-electron chi connectivity index (χ4n) is 2.04. The van der Waals surface area contributed by atoms with Gasteiger partial charge in [0.25, 0.3) is 0 Å². The molecule has 0 amide bonds. The van der Waals surface area contributed by atoms with Crippen LogP contribution in [0.5, 0.6) is 0 Å². The van der Waals surface area contributed by atoms with Gasteiger partial charge in [-0.1, -0.05) is 19.9 Å². The van der Waals surface area contributed by atoms with E-state index in [2.05, 4.69) is 19.2 Å². The molecule has 3 heteroatoms. The van der Waals surface area contributed by atoms with E-state index in [1.54, 1.807) is 6.07 Å². The molecule has 0 aromatic heterocycles. The van der Waals surface area contributed by atoms with Gasteiger partial charge in [0.2, 0.25) is 0 Å². The first-order valence-electron chi connectivity index (χ1n) is 6.51. The minimum atomic E-state index is -0.181. The molecular weight excluding hydrogens is 229 g/mol. The van der Waals surface area contributed by atoms with Crippen LogP contribution in [0.4, 0.5) is 4.39 Å². The summed E-state index contributed by atoms with van der Waals surface area (Å²) < 4.78 is 13.0. The summed E-state index contributed by atoms with van der Waals surface area (Å²) in [7, 11) is 0. The van der Waals surface area contributed by atoms with Gasteiger partial charge in [-0.05, 0) is 48.4 Å². The Kier molecular flexibility index (Phi) is 5.76. The summed E-state index contributed by atoms with van der Waals surface area (Å²) in [4.78, 5) is 0. The Morgan fingerprint density at radius 1 is 1.33 bits per heavy atom. The van der Waals surface area contributed by atoms with Crippen molar-refractivity contribution in [2.75, 3.05) is 13.2 Å². The first kappa shape index (κ1) is 15.1. The van der Waals surface area contributed by atoms with Gasteiger partial charge in [0.15, 0.2) is 0 Å². The second-order valence-corrected chi connectivity index (χ2v) is 5.67. The van der Waals surface area contributed by atoms with Crippen molar-refractivity contribution in [1.82, 2.24) is 5.32 Å². The third-order valence-corrected chi connectivity index (χ3v) is 3.24. The lowest BCUT2D eigenvalue weighted by molar-refractivity contribution is 0.236. The molecule has 0 unspecified atom stereocenters. The van der Waals surface area contributed by atoms with Crippen LogP contribution < -0.4 is 5.32 Å².